The van der Waals surface area contributed by atoms with Gasteiger partial charge in [-0.3, -0.25) is 0 Å². The van der Waals surface area contributed by atoms with E-state index in [1.54, 1.807) is 14.2 Å². The van der Waals surface area contributed by atoms with Crippen LogP contribution in [0.4, 0.5) is 5.69 Å². The molecule has 0 bridgehead atoms. The Kier molecular flexibility index (Phi) is 2.93. The maximum atomic E-state index is 6.34. The van der Waals surface area contributed by atoms with Crippen LogP contribution in [0.25, 0.3) is 10.9 Å². The van der Waals surface area contributed by atoms with Gasteiger partial charge < -0.3 is 15.2 Å². The number of aromatic nitrogens is 1. The number of H-pyrrole nitrogens is 1. The molecule has 1 aliphatic rings. The minimum Gasteiger partial charge on any atom is -0.493 e. The van der Waals surface area contributed by atoms with Crippen LogP contribution < -0.4 is 20.2 Å². The molecule has 0 fully saturated rings. The normalized spacial score (nSPS) is 14.2. The molecule has 0 saturated heterocycles. The summed E-state index contributed by atoms with van der Waals surface area (Å²) < 4.78 is 10.7. The summed E-state index contributed by atoms with van der Waals surface area (Å²) in [6.07, 6.45) is 4.57. The van der Waals surface area contributed by atoms with Gasteiger partial charge in [0.1, 0.15) is 0 Å². The van der Waals surface area contributed by atoms with Crippen molar-refractivity contribution in [1.82, 2.24) is 0 Å². The molecule has 0 unspecified atom stereocenters. The Balaban J connectivity index is 2.29. The highest BCUT2D eigenvalue weighted by Crippen LogP contribution is 2.35. The lowest BCUT2D eigenvalue weighted by Gasteiger charge is -2.15. The van der Waals surface area contributed by atoms with E-state index in [1.807, 2.05) is 12.1 Å². The van der Waals surface area contributed by atoms with Gasteiger partial charge in [0.15, 0.2) is 17.2 Å². The number of nitrogens with one attached hydrogen (secondary N) is 1. The average molecular weight is 259 g/mol. The Bertz CT molecular complexity index is 633. The van der Waals surface area contributed by atoms with E-state index in [4.69, 9.17) is 15.2 Å². The lowest BCUT2D eigenvalue weighted by atomic mass is 9.93. The summed E-state index contributed by atoms with van der Waals surface area (Å²) in [6, 6.07) is 3.91. The van der Waals surface area contributed by atoms with Gasteiger partial charge >= 0.3 is 0 Å². The summed E-state index contributed by atoms with van der Waals surface area (Å²) in [5.74, 6) is 1.44. The number of nitrogens with two attached hydrogens (primary N) is 1. The highest BCUT2D eigenvalue weighted by molar-refractivity contribution is 5.92. The Morgan fingerprint density at radius 2 is 1.74 bits per heavy atom. The number of aromatic amines is 1. The molecule has 19 heavy (non-hydrogen) atoms. The van der Waals surface area contributed by atoms with Crippen LogP contribution in [-0.4, -0.2) is 14.2 Å². The quantitative estimate of drug-likeness (QED) is 0.898. The Hall–Kier alpha value is -1.97. The zero-order valence-electron chi connectivity index (χ0n) is 11.4. The van der Waals surface area contributed by atoms with Crippen LogP contribution in [0.5, 0.6) is 11.5 Å². The Labute approximate surface area is 112 Å². The first-order valence-corrected chi connectivity index (χ1v) is 6.63. The second-order valence-corrected chi connectivity index (χ2v) is 4.96. The number of ether oxygens (including phenoxy) is 2. The van der Waals surface area contributed by atoms with E-state index in [-0.39, 0.29) is 0 Å². The molecule has 1 aliphatic carbocycles. The number of nitrogen functional groups attached to an aromatic ring is 1. The topological polar surface area (TPSA) is 58.6 Å². The molecule has 4 nitrogen and oxygen atoms in total. The molecule has 3 rings (SSSR count). The first-order chi connectivity index (χ1) is 9.24. The summed E-state index contributed by atoms with van der Waals surface area (Å²) in [5.41, 5.74) is 10.8. The average Bonchev–Trinajstić information content (AvgIpc) is 2.46. The minimum absolute atomic E-state index is 0.714. The van der Waals surface area contributed by atoms with Gasteiger partial charge in [0.25, 0.3) is 0 Å². The van der Waals surface area contributed by atoms with Gasteiger partial charge in [-0.2, -0.15) is 0 Å². The van der Waals surface area contributed by atoms with Crippen LogP contribution in [0.15, 0.2) is 12.1 Å². The number of pyridine rings is 1. The third-order valence-corrected chi connectivity index (χ3v) is 3.89. The van der Waals surface area contributed by atoms with Crippen molar-refractivity contribution < 1.29 is 14.5 Å². The number of aryl methyl sites for hydroxylation is 1. The van der Waals surface area contributed by atoms with Gasteiger partial charge in [0.05, 0.1) is 31.4 Å². The van der Waals surface area contributed by atoms with Gasteiger partial charge in [-0.15, -0.1) is 0 Å². The van der Waals surface area contributed by atoms with Crippen molar-refractivity contribution in [3.63, 3.8) is 0 Å². The molecule has 1 aromatic heterocycles. The number of hydrogen-bond donors (Lipinski definition) is 1. The van der Waals surface area contributed by atoms with Gasteiger partial charge in [-0.25, -0.2) is 4.98 Å². The molecule has 0 atom stereocenters. The smallest absolute Gasteiger partial charge is 0.217 e. The van der Waals surface area contributed by atoms with Crippen molar-refractivity contribution in [2.24, 2.45) is 0 Å². The van der Waals surface area contributed by atoms with E-state index < -0.39 is 0 Å². The zero-order valence-corrected chi connectivity index (χ0v) is 11.4. The fourth-order valence-electron chi connectivity index (χ4n) is 2.87. The largest absolute Gasteiger partial charge is 0.493 e. The third kappa shape index (κ3) is 1.87. The molecule has 0 aliphatic heterocycles. The number of fused-ring (bicyclic) bond motifs is 2. The molecule has 0 saturated carbocycles. The first-order valence-electron chi connectivity index (χ1n) is 6.63. The van der Waals surface area contributed by atoms with Crippen LogP contribution in [-0.2, 0) is 12.8 Å². The molecule has 100 valence electrons. The number of hydrogen-bond acceptors (Lipinski definition) is 3. The van der Waals surface area contributed by atoms with Crippen LogP contribution in [0.2, 0.25) is 0 Å². The highest BCUT2D eigenvalue weighted by Gasteiger charge is 2.23. The summed E-state index contributed by atoms with van der Waals surface area (Å²) in [6.45, 7) is 0. The molecular formula is C15H19N2O2+. The standard InChI is InChI=1S/C15H18N2O2/c1-18-13-7-10-12(8-14(13)19-2)17-11-6-4-3-5-9(11)15(10)16/h7-8H,3-6H2,1-2H3,(H2,16,17)/p+1. The number of anilines is 1. The number of rotatable bonds is 2. The maximum absolute atomic E-state index is 6.34. The molecular weight excluding hydrogens is 240 g/mol. The van der Waals surface area contributed by atoms with E-state index in [0.717, 1.165) is 35.2 Å². The van der Waals surface area contributed by atoms with E-state index in [0.29, 0.717) is 5.75 Å². The van der Waals surface area contributed by atoms with E-state index in [2.05, 4.69) is 4.98 Å². The van der Waals surface area contributed by atoms with E-state index in [9.17, 15) is 0 Å². The molecule has 0 spiro atoms. The van der Waals surface area contributed by atoms with Crippen LogP contribution in [0.3, 0.4) is 0 Å². The van der Waals surface area contributed by atoms with Gasteiger partial charge in [0.2, 0.25) is 5.52 Å². The van der Waals surface area contributed by atoms with Gasteiger partial charge in [-0.05, 0) is 25.3 Å². The van der Waals surface area contributed by atoms with Crippen LogP contribution in [0.1, 0.15) is 24.1 Å². The molecule has 4 heteroatoms. The molecule has 3 N–H and O–H groups in total. The van der Waals surface area contributed by atoms with Crippen LogP contribution in [0, 0.1) is 0 Å². The van der Waals surface area contributed by atoms with Gasteiger partial charge in [0, 0.05) is 12.0 Å². The summed E-state index contributed by atoms with van der Waals surface area (Å²) in [4.78, 5) is 3.50. The monoisotopic (exact) mass is 259 g/mol. The van der Waals surface area contributed by atoms with Crippen LogP contribution >= 0.6 is 0 Å². The number of methoxy groups -OCH3 is 2. The SMILES string of the molecule is COc1cc2[nH+]c3c(c(N)c2cc1OC)CCCC3. The van der Waals surface area contributed by atoms with Crippen molar-refractivity contribution in [2.45, 2.75) is 25.7 Å². The van der Waals surface area contributed by atoms with Crippen molar-refractivity contribution in [3.05, 3.63) is 23.4 Å². The molecule has 1 heterocycles. The maximum Gasteiger partial charge on any atom is 0.217 e. The van der Waals surface area contributed by atoms with E-state index >= 15 is 0 Å². The van der Waals surface area contributed by atoms with E-state index in [1.165, 1.54) is 24.1 Å². The summed E-state index contributed by atoms with van der Waals surface area (Å²) in [7, 11) is 3.29. The Morgan fingerprint density at radius 3 is 2.47 bits per heavy atom. The number of benzene rings is 1. The first kappa shape index (κ1) is 12.1. The minimum atomic E-state index is 0.714. The van der Waals surface area contributed by atoms with Crippen molar-refractivity contribution in [3.8, 4) is 11.5 Å². The lowest BCUT2D eigenvalue weighted by Crippen LogP contribution is -2.21. The summed E-state index contributed by atoms with van der Waals surface area (Å²) in [5, 5.41) is 1.01. The molecule has 2 aromatic rings. The van der Waals surface area contributed by atoms with Crippen molar-refractivity contribution >= 4 is 16.6 Å². The fraction of sp³-hybridized carbons (Fsp3) is 0.400. The third-order valence-electron chi connectivity index (χ3n) is 3.89. The molecule has 0 radical (unpaired) electrons. The van der Waals surface area contributed by atoms with Crippen molar-refractivity contribution in [2.75, 3.05) is 20.0 Å². The molecule has 1 aromatic carbocycles. The molecule has 0 amide bonds. The zero-order chi connectivity index (χ0) is 13.4. The second kappa shape index (κ2) is 4.61. The highest BCUT2D eigenvalue weighted by atomic mass is 16.5. The van der Waals surface area contributed by atoms with Crippen molar-refractivity contribution in [1.29, 1.82) is 0 Å². The fourth-order valence-corrected chi connectivity index (χ4v) is 2.87. The lowest BCUT2D eigenvalue weighted by molar-refractivity contribution is -0.359. The predicted octanol–water partition coefficient (Wildman–Crippen LogP) is 2.13. The summed E-state index contributed by atoms with van der Waals surface area (Å²) >= 11 is 0. The predicted molar refractivity (Wildman–Crippen MR) is 74.7 cm³/mol. The Morgan fingerprint density at radius 1 is 1.05 bits per heavy atom. The second-order valence-electron chi connectivity index (χ2n) is 4.96. The van der Waals surface area contributed by atoms with Gasteiger partial charge in [-0.1, -0.05) is 0 Å².